The first-order valence-corrected chi connectivity index (χ1v) is 11.7. The van der Waals surface area contributed by atoms with Crippen LogP contribution >= 0.6 is 0 Å². The first-order valence-electron chi connectivity index (χ1n) is 11.7. The second-order valence-electron chi connectivity index (χ2n) is 8.43. The summed E-state index contributed by atoms with van der Waals surface area (Å²) in [5.74, 6) is 0.755. The van der Waals surface area contributed by atoms with E-state index in [0.717, 1.165) is 23.7 Å². The zero-order valence-corrected chi connectivity index (χ0v) is 19.9. The number of halogens is 1. The van der Waals surface area contributed by atoms with Crippen LogP contribution in [0.3, 0.4) is 0 Å². The van der Waals surface area contributed by atoms with Crippen molar-refractivity contribution < 1.29 is 18.7 Å². The number of anilines is 1. The highest BCUT2D eigenvalue weighted by Gasteiger charge is 2.19. The van der Waals surface area contributed by atoms with Gasteiger partial charge in [0.1, 0.15) is 25.4 Å². The van der Waals surface area contributed by atoms with Crippen LogP contribution in [0.2, 0.25) is 0 Å². The molecule has 184 valence electrons. The van der Waals surface area contributed by atoms with Crippen LogP contribution in [0.5, 0.6) is 11.6 Å². The van der Waals surface area contributed by atoms with E-state index in [1.54, 1.807) is 12.3 Å². The van der Waals surface area contributed by atoms with E-state index in [1.807, 2.05) is 24.3 Å². The Morgan fingerprint density at radius 1 is 1.11 bits per heavy atom. The van der Waals surface area contributed by atoms with Crippen molar-refractivity contribution in [3.8, 4) is 22.9 Å². The molecule has 1 aliphatic rings. The third kappa shape index (κ3) is 4.61. The number of aromatic nitrogens is 4. The van der Waals surface area contributed by atoms with Crippen LogP contribution in [0, 0.1) is 5.82 Å². The molecule has 9 nitrogen and oxygen atoms in total. The Hall–Kier alpha value is -4.34. The molecule has 1 amide bonds. The summed E-state index contributed by atoms with van der Waals surface area (Å²) in [6.07, 6.45) is 5.07. The first-order chi connectivity index (χ1) is 17.5. The number of carbonyl (C=O) groups excluding carboxylic acids is 1. The molecule has 0 aliphatic carbocycles. The molecule has 1 atom stereocenters. The molecule has 0 bridgehead atoms. The first kappa shape index (κ1) is 23.4. The lowest BCUT2D eigenvalue weighted by Gasteiger charge is -2.17. The van der Waals surface area contributed by atoms with Gasteiger partial charge in [0.25, 0.3) is 11.8 Å². The fraction of sp³-hybridized carbons (Fsp3) is 0.269. The SMILES string of the molecule is CNC(=O)c1c(F)cnc2c(C(C)CCNc3cc(-c4cnc5c(c4)OCCO5)ncn3)cccc12. The molecule has 0 radical (unpaired) electrons. The number of rotatable bonds is 7. The minimum absolute atomic E-state index is 0.0109. The fourth-order valence-corrected chi connectivity index (χ4v) is 4.23. The molecule has 0 saturated carbocycles. The standard InChI is InChI=1S/C26H25FN6O3/c1-15(17-4-3-5-18-23(25(34)28-2)19(27)13-30-24(17)18)6-7-29-22-11-20(32-14-33-22)16-10-21-26(31-12-16)36-9-8-35-21/h3-5,10-15H,6-9H2,1-2H3,(H,28,34)(H,29,32,33). The Morgan fingerprint density at radius 2 is 1.97 bits per heavy atom. The van der Waals surface area contributed by atoms with Gasteiger partial charge in [0.15, 0.2) is 11.6 Å². The Kier molecular flexibility index (Phi) is 6.57. The van der Waals surface area contributed by atoms with E-state index in [-0.39, 0.29) is 11.5 Å². The van der Waals surface area contributed by atoms with Crippen LogP contribution in [0.15, 0.2) is 49.1 Å². The van der Waals surface area contributed by atoms with Gasteiger partial charge in [0.2, 0.25) is 0 Å². The van der Waals surface area contributed by atoms with E-state index in [2.05, 4.69) is 37.5 Å². The molecule has 4 aromatic rings. The number of fused-ring (bicyclic) bond motifs is 2. The van der Waals surface area contributed by atoms with Crippen molar-refractivity contribution in [1.82, 2.24) is 25.3 Å². The molecule has 0 fully saturated rings. The van der Waals surface area contributed by atoms with Gasteiger partial charge in [-0.25, -0.2) is 19.3 Å². The van der Waals surface area contributed by atoms with Crippen LogP contribution < -0.4 is 20.1 Å². The summed E-state index contributed by atoms with van der Waals surface area (Å²) in [6.45, 7) is 3.69. The van der Waals surface area contributed by atoms with E-state index >= 15 is 0 Å². The van der Waals surface area contributed by atoms with Gasteiger partial charge >= 0.3 is 0 Å². The summed E-state index contributed by atoms with van der Waals surface area (Å²) >= 11 is 0. The zero-order valence-electron chi connectivity index (χ0n) is 19.9. The second kappa shape index (κ2) is 10.1. The third-order valence-electron chi connectivity index (χ3n) is 6.11. The van der Waals surface area contributed by atoms with Gasteiger partial charge in [0.05, 0.1) is 23.0 Å². The van der Waals surface area contributed by atoms with E-state index in [0.29, 0.717) is 53.8 Å². The van der Waals surface area contributed by atoms with Crippen LogP contribution in [0.1, 0.15) is 35.2 Å². The second-order valence-corrected chi connectivity index (χ2v) is 8.43. The molecule has 10 heteroatoms. The lowest BCUT2D eigenvalue weighted by molar-refractivity contribution is 0.0960. The van der Waals surface area contributed by atoms with E-state index in [4.69, 9.17) is 9.47 Å². The predicted octanol–water partition coefficient (Wildman–Crippen LogP) is 3.96. The number of nitrogens with zero attached hydrogens (tertiary/aromatic N) is 4. The van der Waals surface area contributed by atoms with Crippen LogP contribution in [-0.4, -0.2) is 52.6 Å². The number of pyridine rings is 2. The molecule has 36 heavy (non-hydrogen) atoms. The van der Waals surface area contributed by atoms with Crippen molar-refractivity contribution in [3.05, 3.63) is 66.0 Å². The van der Waals surface area contributed by atoms with Gasteiger partial charge in [-0.15, -0.1) is 0 Å². The summed E-state index contributed by atoms with van der Waals surface area (Å²) in [6, 6.07) is 9.23. The Bertz CT molecular complexity index is 1430. The van der Waals surface area contributed by atoms with Gasteiger partial charge in [-0.2, -0.15) is 0 Å². The van der Waals surface area contributed by atoms with Gasteiger partial charge in [-0.1, -0.05) is 25.1 Å². The smallest absolute Gasteiger partial charge is 0.257 e. The lowest BCUT2D eigenvalue weighted by atomic mass is 9.93. The van der Waals surface area contributed by atoms with Crippen molar-refractivity contribution >= 4 is 22.6 Å². The van der Waals surface area contributed by atoms with Crippen LogP contribution in [0.4, 0.5) is 10.2 Å². The topological polar surface area (TPSA) is 111 Å². The van der Waals surface area contributed by atoms with Crippen molar-refractivity contribution in [2.24, 2.45) is 0 Å². The van der Waals surface area contributed by atoms with Gasteiger partial charge in [0, 0.05) is 36.8 Å². The number of hydrogen-bond donors (Lipinski definition) is 2. The normalized spacial score (nSPS) is 13.3. The molecule has 2 N–H and O–H groups in total. The number of amides is 1. The number of carbonyl (C=O) groups is 1. The number of hydrogen-bond acceptors (Lipinski definition) is 8. The average molecular weight is 489 g/mol. The van der Waals surface area contributed by atoms with Gasteiger partial charge in [-0.05, 0) is 24.0 Å². The fourth-order valence-electron chi connectivity index (χ4n) is 4.23. The molecule has 1 unspecified atom stereocenters. The largest absolute Gasteiger partial charge is 0.484 e. The number of benzene rings is 1. The molecular weight excluding hydrogens is 463 g/mol. The van der Waals surface area contributed by atoms with Crippen molar-refractivity contribution in [2.45, 2.75) is 19.3 Å². The lowest BCUT2D eigenvalue weighted by Crippen LogP contribution is -2.20. The highest BCUT2D eigenvalue weighted by atomic mass is 19.1. The average Bonchev–Trinajstić information content (AvgIpc) is 2.92. The molecule has 4 heterocycles. The number of ether oxygens (including phenoxy) is 2. The number of para-hydroxylation sites is 1. The van der Waals surface area contributed by atoms with E-state index in [9.17, 15) is 9.18 Å². The maximum Gasteiger partial charge on any atom is 0.257 e. The Morgan fingerprint density at radius 3 is 2.83 bits per heavy atom. The molecule has 1 aromatic carbocycles. The van der Waals surface area contributed by atoms with E-state index in [1.165, 1.54) is 13.4 Å². The van der Waals surface area contributed by atoms with Crippen molar-refractivity contribution in [2.75, 3.05) is 32.1 Å². The van der Waals surface area contributed by atoms with Gasteiger partial charge < -0.3 is 20.1 Å². The molecule has 0 spiro atoms. The molecule has 1 aliphatic heterocycles. The van der Waals surface area contributed by atoms with Crippen LogP contribution in [0.25, 0.3) is 22.2 Å². The highest BCUT2D eigenvalue weighted by molar-refractivity contribution is 6.06. The predicted molar refractivity (Wildman–Crippen MR) is 133 cm³/mol. The highest BCUT2D eigenvalue weighted by Crippen LogP contribution is 2.32. The minimum atomic E-state index is -0.638. The zero-order chi connectivity index (χ0) is 25.1. The molecule has 0 saturated heterocycles. The van der Waals surface area contributed by atoms with Crippen molar-refractivity contribution in [3.63, 3.8) is 0 Å². The Balaban J connectivity index is 1.29. The monoisotopic (exact) mass is 488 g/mol. The summed E-state index contributed by atoms with van der Waals surface area (Å²) in [5, 5.41) is 6.34. The summed E-state index contributed by atoms with van der Waals surface area (Å²) in [4.78, 5) is 29.5. The number of nitrogens with one attached hydrogen (secondary N) is 2. The van der Waals surface area contributed by atoms with Crippen molar-refractivity contribution in [1.29, 1.82) is 0 Å². The molecular formula is C26H25FN6O3. The quantitative estimate of drug-likeness (QED) is 0.402. The maximum atomic E-state index is 14.4. The maximum absolute atomic E-state index is 14.4. The Labute approximate surface area is 207 Å². The third-order valence-corrected chi connectivity index (χ3v) is 6.11. The molecule has 5 rings (SSSR count). The minimum Gasteiger partial charge on any atom is -0.484 e. The molecule has 3 aromatic heterocycles. The van der Waals surface area contributed by atoms with Crippen LogP contribution in [-0.2, 0) is 0 Å². The summed E-state index contributed by atoms with van der Waals surface area (Å²) < 4.78 is 25.5. The summed E-state index contributed by atoms with van der Waals surface area (Å²) in [5.41, 5.74) is 3.11. The summed E-state index contributed by atoms with van der Waals surface area (Å²) in [7, 11) is 1.48. The van der Waals surface area contributed by atoms with E-state index < -0.39 is 11.7 Å². The van der Waals surface area contributed by atoms with Gasteiger partial charge in [-0.3, -0.25) is 9.78 Å².